The van der Waals surface area contributed by atoms with Crippen molar-refractivity contribution in [2.75, 3.05) is 72.0 Å². The normalized spacial score (nSPS) is 21.8. The maximum Gasteiger partial charge on any atom is 0.317 e. The van der Waals surface area contributed by atoms with Gasteiger partial charge in [-0.3, -0.25) is 38.8 Å². The first-order valence-electron chi connectivity index (χ1n) is 9.85. The number of hydrogen-bond donors (Lipinski definition) is 4. The Balaban J connectivity index is 3.03. The molecular weight excluding hydrogens is 400 g/mol. The molecule has 30 heavy (non-hydrogen) atoms. The van der Waals surface area contributed by atoms with E-state index >= 15 is 0 Å². The Labute approximate surface area is 175 Å². The minimum atomic E-state index is -1.02. The Morgan fingerprint density at radius 2 is 1.03 bits per heavy atom. The molecule has 0 radical (unpaired) electrons. The molecule has 1 unspecified atom stereocenters. The molecule has 4 N–H and O–H groups in total. The highest BCUT2D eigenvalue weighted by atomic mass is 16.4. The van der Waals surface area contributed by atoms with Gasteiger partial charge in [-0.2, -0.15) is 0 Å². The number of hydrogen-bond acceptors (Lipinski definition) is 8. The minimum absolute atomic E-state index is 0.194. The Hall–Kier alpha value is -2.28. The van der Waals surface area contributed by atoms with Gasteiger partial charge in [0.05, 0.1) is 26.2 Å². The number of aliphatic carboxylic acids is 4. The lowest BCUT2D eigenvalue weighted by molar-refractivity contribution is -0.141. The summed E-state index contributed by atoms with van der Waals surface area (Å²) in [4.78, 5) is 51.6. The molecule has 12 heteroatoms. The van der Waals surface area contributed by atoms with Crippen LogP contribution in [-0.4, -0.2) is 142 Å². The van der Waals surface area contributed by atoms with Crippen molar-refractivity contribution in [1.82, 2.24) is 19.6 Å². The molecule has 172 valence electrons. The van der Waals surface area contributed by atoms with Crippen LogP contribution in [0.1, 0.15) is 13.3 Å². The van der Waals surface area contributed by atoms with Gasteiger partial charge in [-0.05, 0) is 13.3 Å². The van der Waals surface area contributed by atoms with Crippen molar-refractivity contribution in [1.29, 1.82) is 0 Å². The number of carbonyl (C=O) groups is 4. The summed E-state index contributed by atoms with van der Waals surface area (Å²) in [6.07, 6.45) is 0.536. The van der Waals surface area contributed by atoms with Gasteiger partial charge in [0.15, 0.2) is 0 Å². The highest BCUT2D eigenvalue weighted by molar-refractivity contribution is 5.70. The van der Waals surface area contributed by atoms with Crippen LogP contribution in [0.15, 0.2) is 0 Å². The average molecular weight is 432 g/mol. The van der Waals surface area contributed by atoms with E-state index in [0.717, 1.165) is 0 Å². The predicted molar refractivity (Wildman–Crippen MR) is 106 cm³/mol. The summed E-state index contributed by atoms with van der Waals surface area (Å²) in [5.74, 6) is -4.03. The molecule has 0 bridgehead atoms. The van der Waals surface area contributed by atoms with E-state index in [0.29, 0.717) is 52.2 Å². The van der Waals surface area contributed by atoms with Crippen LogP contribution in [0.25, 0.3) is 0 Å². The van der Waals surface area contributed by atoms with Crippen molar-refractivity contribution in [3.05, 3.63) is 0 Å². The van der Waals surface area contributed by atoms with Gasteiger partial charge in [-0.25, -0.2) is 0 Å². The molecular formula is C18H32N4O8. The molecule has 1 fully saturated rings. The van der Waals surface area contributed by atoms with Crippen molar-refractivity contribution in [2.45, 2.75) is 19.4 Å². The van der Waals surface area contributed by atoms with Gasteiger partial charge in [0.25, 0.3) is 0 Å². The van der Waals surface area contributed by atoms with Gasteiger partial charge in [-0.1, -0.05) is 0 Å². The van der Waals surface area contributed by atoms with E-state index in [4.69, 9.17) is 10.2 Å². The molecule has 0 aliphatic carbocycles. The summed E-state index contributed by atoms with van der Waals surface area (Å²) in [6, 6.07) is -0.291. The van der Waals surface area contributed by atoms with Gasteiger partial charge >= 0.3 is 23.9 Å². The monoisotopic (exact) mass is 432 g/mol. The van der Waals surface area contributed by atoms with Crippen LogP contribution >= 0.6 is 0 Å². The molecule has 1 rings (SSSR count). The summed E-state index contributed by atoms with van der Waals surface area (Å²) >= 11 is 0. The van der Waals surface area contributed by atoms with Crippen LogP contribution in [0.2, 0.25) is 0 Å². The maximum absolute atomic E-state index is 11.3. The second kappa shape index (κ2) is 13.1. The second-order valence-corrected chi connectivity index (χ2v) is 7.54. The Kier molecular flexibility index (Phi) is 11.3. The van der Waals surface area contributed by atoms with Gasteiger partial charge in [0.2, 0.25) is 0 Å². The summed E-state index contributed by atoms with van der Waals surface area (Å²) in [6.45, 7) is 3.39. The molecule has 1 aliphatic rings. The van der Waals surface area contributed by atoms with Crippen LogP contribution in [0.4, 0.5) is 0 Å². The van der Waals surface area contributed by atoms with Crippen LogP contribution in [0.3, 0.4) is 0 Å². The fourth-order valence-corrected chi connectivity index (χ4v) is 3.54. The fraction of sp³-hybridized carbons (Fsp3) is 0.778. The highest BCUT2D eigenvalue weighted by Crippen LogP contribution is 2.07. The zero-order valence-corrected chi connectivity index (χ0v) is 17.3. The highest BCUT2D eigenvalue weighted by Gasteiger charge is 2.23. The third kappa shape index (κ3) is 11.0. The maximum atomic E-state index is 11.3. The standard InChI is InChI=1S/C18H32N4O8/c1-14-9-21(12-17(27)28)6-5-19(10-15(23)24)3-2-4-20(11-16(25)26)7-8-22(14)13-18(29)30/h14H,2-13H2,1H3,(H,23,24)(H,25,26)(H,27,28)(H,29,30). The van der Waals surface area contributed by atoms with Gasteiger partial charge in [0.1, 0.15) is 0 Å². The fourth-order valence-electron chi connectivity index (χ4n) is 3.54. The zero-order valence-electron chi connectivity index (χ0n) is 17.3. The van der Waals surface area contributed by atoms with Gasteiger partial charge < -0.3 is 20.4 Å². The van der Waals surface area contributed by atoms with Crippen molar-refractivity contribution in [3.8, 4) is 0 Å². The zero-order chi connectivity index (χ0) is 22.7. The number of rotatable bonds is 8. The molecule has 1 heterocycles. The third-order valence-electron chi connectivity index (χ3n) is 4.95. The van der Waals surface area contributed by atoms with Crippen molar-refractivity contribution in [2.24, 2.45) is 0 Å². The van der Waals surface area contributed by atoms with E-state index in [-0.39, 0.29) is 32.2 Å². The third-order valence-corrected chi connectivity index (χ3v) is 4.95. The SMILES string of the molecule is CC1CN(CC(=O)O)CCN(CC(=O)O)CCCN(CC(=O)O)CCN1CC(=O)O. The van der Waals surface area contributed by atoms with Crippen molar-refractivity contribution in [3.63, 3.8) is 0 Å². The largest absolute Gasteiger partial charge is 0.480 e. The first-order chi connectivity index (χ1) is 14.1. The molecule has 0 amide bonds. The molecule has 0 aromatic carbocycles. The quantitative estimate of drug-likeness (QED) is 0.345. The van der Waals surface area contributed by atoms with Gasteiger partial charge in [-0.15, -0.1) is 0 Å². The van der Waals surface area contributed by atoms with E-state index in [1.54, 1.807) is 26.5 Å². The first-order valence-corrected chi connectivity index (χ1v) is 9.85. The van der Waals surface area contributed by atoms with Crippen LogP contribution in [-0.2, 0) is 19.2 Å². The summed E-state index contributed by atoms with van der Waals surface area (Å²) in [5, 5.41) is 36.7. The molecule has 0 aromatic heterocycles. The topological polar surface area (TPSA) is 162 Å². The molecule has 0 saturated carbocycles. The number of carboxylic acids is 4. The Morgan fingerprint density at radius 1 is 0.633 bits per heavy atom. The average Bonchev–Trinajstić information content (AvgIpc) is 2.60. The number of nitrogens with zero attached hydrogens (tertiary/aromatic N) is 4. The Bertz CT molecular complexity index is 603. The van der Waals surface area contributed by atoms with Crippen molar-refractivity contribution >= 4 is 23.9 Å². The summed E-state index contributed by atoms with van der Waals surface area (Å²) in [7, 11) is 0. The Morgan fingerprint density at radius 3 is 1.50 bits per heavy atom. The first kappa shape index (κ1) is 25.8. The van der Waals surface area contributed by atoms with E-state index in [2.05, 4.69) is 0 Å². The van der Waals surface area contributed by atoms with Crippen molar-refractivity contribution < 1.29 is 39.6 Å². The lowest BCUT2D eigenvalue weighted by Gasteiger charge is -2.33. The van der Waals surface area contributed by atoms with Crippen LogP contribution < -0.4 is 0 Å². The predicted octanol–water partition coefficient (Wildman–Crippen LogP) is -1.67. The molecule has 0 spiro atoms. The lowest BCUT2D eigenvalue weighted by Crippen LogP contribution is -2.49. The van der Waals surface area contributed by atoms with Crippen LogP contribution in [0, 0.1) is 0 Å². The molecule has 1 aliphatic heterocycles. The summed E-state index contributed by atoms with van der Waals surface area (Å²) in [5.41, 5.74) is 0. The number of carboxylic acid groups (broad SMARTS) is 4. The smallest absolute Gasteiger partial charge is 0.317 e. The lowest BCUT2D eigenvalue weighted by atomic mass is 10.2. The molecule has 12 nitrogen and oxygen atoms in total. The molecule has 1 atom stereocenters. The van der Waals surface area contributed by atoms with E-state index in [1.165, 1.54) is 0 Å². The van der Waals surface area contributed by atoms with E-state index < -0.39 is 23.9 Å². The van der Waals surface area contributed by atoms with Crippen LogP contribution in [0.5, 0.6) is 0 Å². The van der Waals surface area contributed by atoms with Gasteiger partial charge in [0, 0.05) is 51.9 Å². The van der Waals surface area contributed by atoms with E-state index in [9.17, 15) is 29.4 Å². The molecule has 0 aromatic rings. The molecule has 1 saturated heterocycles. The minimum Gasteiger partial charge on any atom is -0.480 e. The second-order valence-electron chi connectivity index (χ2n) is 7.54. The summed E-state index contributed by atoms with van der Waals surface area (Å²) < 4.78 is 0. The van der Waals surface area contributed by atoms with E-state index in [1.807, 2.05) is 0 Å².